The molecule has 134 valence electrons. The van der Waals surface area contributed by atoms with Crippen molar-refractivity contribution in [3.05, 3.63) is 72.3 Å². The van der Waals surface area contributed by atoms with E-state index in [1.165, 1.54) is 6.21 Å². The summed E-state index contributed by atoms with van der Waals surface area (Å²) in [6, 6.07) is 14.5. The number of aryl methyl sites for hydroxylation is 1. The molecular formula is C20H21N3O3. The Balaban J connectivity index is 1.91. The number of carbonyl (C=O) groups is 2. The molecule has 6 heteroatoms. The Bertz CT molecular complexity index is 798. The molecule has 0 bridgehead atoms. The van der Waals surface area contributed by atoms with Gasteiger partial charge in [0.15, 0.2) is 0 Å². The second-order valence-electron chi connectivity index (χ2n) is 5.34. The second-order valence-corrected chi connectivity index (χ2v) is 5.34. The molecule has 0 unspecified atom stereocenters. The molecule has 2 N–H and O–H groups in total. The summed E-state index contributed by atoms with van der Waals surface area (Å²) in [5, 5.41) is 6.33. The van der Waals surface area contributed by atoms with Gasteiger partial charge in [-0.2, -0.15) is 5.10 Å². The van der Waals surface area contributed by atoms with Crippen molar-refractivity contribution in [3.63, 3.8) is 0 Å². The fourth-order valence-corrected chi connectivity index (χ4v) is 2.09. The molecule has 0 aromatic heterocycles. The van der Waals surface area contributed by atoms with Crippen molar-refractivity contribution in [1.29, 1.82) is 0 Å². The third-order valence-electron chi connectivity index (χ3n) is 3.47. The van der Waals surface area contributed by atoms with Crippen molar-refractivity contribution < 1.29 is 14.3 Å². The molecule has 0 aliphatic carbocycles. The average molecular weight is 351 g/mol. The van der Waals surface area contributed by atoms with Crippen molar-refractivity contribution in [2.45, 2.75) is 13.3 Å². The fraction of sp³-hybridized carbons (Fsp3) is 0.150. The number of hydrogen-bond donors (Lipinski definition) is 2. The number of hydrogen-bond acceptors (Lipinski definition) is 4. The molecular weight excluding hydrogens is 330 g/mol. The molecule has 2 aromatic rings. The van der Waals surface area contributed by atoms with Gasteiger partial charge in [0.1, 0.15) is 12.4 Å². The Morgan fingerprint density at radius 1 is 1.12 bits per heavy atom. The quantitative estimate of drug-likeness (QED) is 0.348. The molecule has 0 spiro atoms. The summed E-state index contributed by atoms with van der Waals surface area (Å²) in [5.41, 5.74) is 4.57. The highest BCUT2D eigenvalue weighted by molar-refractivity contribution is 6.39. The first-order valence-electron chi connectivity index (χ1n) is 8.20. The van der Waals surface area contributed by atoms with Crippen LogP contribution in [-0.2, 0) is 16.0 Å². The zero-order chi connectivity index (χ0) is 18.8. The van der Waals surface area contributed by atoms with Crippen LogP contribution < -0.4 is 15.5 Å². The molecule has 0 radical (unpaired) electrons. The summed E-state index contributed by atoms with van der Waals surface area (Å²) < 4.78 is 5.49. The SMILES string of the molecule is C=CCOc1ccccc1/C=N/NC(=O)C(=O)Nc1ccc(CC)cc1. The number of nitrogens with zero attached hydrogens (tertiary/aromatic N) is 1. The van der Waals surface area contributed by atoms with Crippen LogP contribution in [0.15, 0.2) is 66.3 Å². The number of hydrazone groups is 1. The van der Waals surface area contributed by atoms with Gasteiger partial charge in [-0.3, -0.25) is 9.59 Å². The zero-order valence-electron chi connectivity index (χ0n) is 14.6. The summed E-state index contributed by atoms with van der Waals surface area (Å²) in [5.74, 6) is -1.04. The van der Waals surface area contributed by atoms with Crippen LogP contribution >= 0.6 is 0 Å². The largest absolute Gasteiger partial charge is 0.489 e. The fourth-order valence-electron chi connectivity index (χ4n) is 2.09. The van der Waals surface area contributed by atoms with E-state index < -0.39 is 11.8 Å². The molecule has 0 fully saturated rings. The first-order chi connectivity index (χ1) is 12.6. The molecule has 0 saturated carbocycles. The molecule has 0 atom stereocenters. The van der Waals surface area contributed by atoms with Gasteiger partial charge in [0.05, 0.1) is 6.21 Å². The summed E-state index contributed by atoms with van der Waals surface area (Å²) in [6.45, 7) is 5.99. The van der Waals surface area contributed by atoms with E-state index in [4.69, 9.17) is 4.74 Å². The molecule has 0 heterocycles. The number of amides is 2. The lowest BCUT2D eigenvalue weighted by molar-refractivity contribution is -0.136. The topological polar surface area (TPSA) is 79.8 Å². The lowest BCUT2D eigenvalue weighted by atomic mass is 10.1. The van der Waals surface area contributed by atoms with E-state index in [2.05, 4.69) is 22.4 Å². The standard InChI is InChI=1S/C20H21N3O3/c1-3-13-26-18-8-6-5-7-16(18)14-21-23-20(25)19(24)22-17-11-9-15(4-2)10-12-17/h3,5-12,14H,1,4,13H2,2H3,(H,22,24)(H,23,25)/b21-14+. The monoisotopic (exact) mass is 351 g/mol. The van der Waals surface area contributed by atoms with Gasteiger partial charge in [0.2, 0.25) is 0 Å². The number of para-hydroxylation sites is 1. The predicted molar refractivity (Wildman–Crippen MR) is 102 cm³/mol. The van der Waals surface area contributed by atoms with Crippen LogP contribution in [0.3, 0.4) is 0 Å². The van der Waals surface area contributed by atoms with Gasteiger partial charge in [0.25, 0.3) is 0 Å². The maximum Gasteiger partial charge on any atom is 0.329 e. The maximum atomic E-state index is 11.9. The summed E-state index contributed by atoms with van der Waals surface area (Å²) >= 11 is 0. The minimum Gasteiger partial charge on any atom is -0.489 e. The predicted octanol–water partition coefficient (Wildman–Crippen LogP) is 2.90. The molecule has 6 nitrogen and oxygen atoms in total. The van der Waals surface area contributed by atoms with Crippen molar-refractivity contribution in [1.82, 2.24) is 5.43 Å². The summed E-state index contributed by atoms with van der Waals surface area (Å²) in [7, 11) is 0. The molecule has 0 aliphatic rings. The first-order valence-corrected chi connectivity index (χ1v) is 8.20. The molecule has 0 saturated heterocycles. The van der Waals surface area contributed by atoms with Gasteiger partial charge in [0, 0.05) is 11.3 Å². The number of rotatable bonds is 7. The van der Waals surface area contributed by atoms with Crippen molar-refractivity contribution >= 4 is 23.7 Å². The highest BCUT2D eigenvalue weighted by atomic mass is 16.5. The van der Waals surface area contributed by atoms with Crippen LogP contribution in [0, 0.1) is 0 Å². The molecule has 2 amide bonds. The summed E-state index contributed by atoms with van der Waals surface area (Å²) in [6.07, 6.45) is 3.95. The Labute approximate surface area is 152 Å². The minimum absolute atomic E-state index is 0.358. The summed E-state index contributed by atoms with van der Waals surface area (Å²) in [4.78, 5) is 23.7. The van der Waals surface area contributed by atoms with E-state index in [1.807, 2.05) is 31.2 Å². The van der Waals surface area contributed by atoms with Gasteiger partial charge >= 0.3 is 11.8 Å². The second kappa shape index (κ2) is 9.78. The number of benzene rings is 2. The van der Waals surface area contributed by atoms with Crippen LogP contribution in [0.1, 0.15) is 18.1 Å². The van der Waals surface area contributed by atoms with Crippen LogP contribution in [0.5, 0.6) is 5.75 Å². The van der Waals surface area contributed by atoms with Crippen molar-refractivity contribution in [3.8, 4) is 5.75 Å². The smallest absolute Gasteiger partial charge is 0.329 e. The average Bonchev–Trinajstić information content (AvgIpc) is 2.67. The van der Waals surface area contributed by atoms with Gasteiger partial charge in [-0.15, -0.1) is 0 Å². The number of carbonyl (C=O) groups excluding carboxylic acids is 2. The van der Waals surface area contributed by atoms with E-state index in [1.54, 1.807) is 30.3 Å². The minimum atomic E-state index is -0.856. The van der Waals surface area contributed by atoms with Crippen molar-refractivity contribution in [2.75, 3.05) is 11.9 Å². The Morgan fingerprint density at radius 3 is 2.54 bits per heavy atom. The number of ether oxygens (including phenoxy) is 1. The molecule has 2 aromatic carbocycles. The van der Waals surface area contributed by atoms with Crippen LogP contribution in [-0.4, -0.2) is 24.6 Å². The van der Waals surface area contributed by atoms with Crippen LogP contribution in [0.2, 0.25) is 0 Å². The van der Waals surface area contributed by atoms with Crippen LogP contribution in [0.4, 0.5) is 5.69 Å². The third kappa shape index (κ3) is 5.59. The highest BCUT2D eigenvalue weighted by Crippen LogP contribution is 2.15. The molecule has 0 aliphatic heterocycles. The van der Waals surface area contributed by atoms with E-state index in [-0.39, 0.29) is 0 Å². The first kappa shape index (κ1) is 18.9. The Morgan fingerprint density at radius 2 is 1.85 bits per heavy atom. The van der Waals surface area contributed by atoms with Gasteiger partial charge in [-0.1, -0.05) is 43.8 Å². The van der Waals surface area contributed by atoms with E-state index in [0.29, 0.717) is 23.6 Å². The zero-order valence-corrected chi connectivity index (χ0v) is 14.6. The lowest BCUT2D eigenvalue weighted by Crippen LogP contribution is -2.32. The third-order valence-corrected chi connectivity index (χ3v) is 3.47. The van der Waals surface area contributed by atoms with Gasteiger partial charge in [-0.05, 0) is 36.2 Å². The Kier molecular flexibility index (Phi) is 7.12. The van der Waals surface area contributed by atoms with E-state index >= 15 is 0 Å². The van der Waals surface area contributed by atoms with E-state index in [9.17, 15) is 9.59 Å². The van der Waals surface area contributed by atoms with Crippen LogP contribution in [0.25, 0.3) is 0 Å². The maximum absolute atomic E-state index is 11.9. The van der Waals surface area contributed by atoms with E-state index in [0.717, 1.165) is 12.0 Å². The van der Waals surface area contributed by atoms with Gasteiger partial charge < -0.3 is 10.1 Å². The normalized spacial score (nSPS) is 10.3. The highest BCUT2D eigenvalue weighted by Gasteiger charge is 2.12. The molecule has 2 rings (SSSR count). The number of nitrogens with one attached hydrogen (secondary N) is 2. The molecule has 26 heavy (non-hydrogen) atoms. The Hall–Kier alpha value is -3.41. The lowest BCUT2D eigenvalue weighted by Gasteiger charge is -2.06. The number of anilines is 1. The van der Waals surface area contributed by atoms with Gasteiger partial charge in [-0.25, -0.2) is 5.43 Å². The van der Waals surface area contributed by atoms with Crippen molar-refractivity contribution in [2.24, 2.45) is 5.10 Å².